The van der Waals surface area contributed by atoms with Crippen molar-refractivity contribution in [2.75, 3.05) is 19.0 Å². The normalized spacial score (nSPS) is 16.9. The lowest BCUT2D eigenvalue weighted by molar-refractivity contribution is -0.118. The lowest BCUT2D eigenvalue weighted by atomic mass is 9.94. The molecule has 2 aromatic rings. The fourth-order valence-corrected chi connectivity index (χ4v) is 2.59. The zero-order chi connectivity index (χ0) is 14.7. The summed E-state index contributed by atoms with van der Waals surface area (Å²) in [5, 5.41) is 6.14. The Balaban J connectivity index is 1.84. The lowest BCUT2D eigenvalue weighted by Crippen LogP contribution is -2.38. The number of aromatic nitrogens is 1. The minimum absolute atomic E-state index is 0.103. The van der Waals surface area contributed by atoms with Crippen LogP contribution < -0.4 is 15.4 Å². The minimum atomic E-state index is -0.347. The molecule has 1 aliphatic heterocycles. The van der Waals surface area contributed by atoms with Crippen molar-refractivity contribution in [1.29, 1.82) is 0 Å². The van der Waals surface area contributed by atoms with Crippen molar-refractivity contribution in [2.45, 2.75) is 12.5 Å². The maximum Gasteiger partial charge on any atom is 0.246 e. The fourth-order valence-electron chi connectivity index (χ4n) is 2.59. The number of nitrogens with zero attached hydrogens (tertiary/aromatic N) is 1. The number of fused-ring (bicyclic) bond motifs is 1. The molecule has 2 heterocycles. The molecule has 2 N–H and O–H groups in total. The predicted molar refractivity (Wildman–Crippen MR) is 80.3 cm³/mol. The number of methoxy groups -OCH3 is 1. The molecule has 0 spiro atoms. The molecule has 0 bridgehead atoms. The molecule has 0 saturated heterocycles. The van der Waals surface area contributed by atoms with E-state index >= 15 is 0 Å². The van der Waals surface area contributed by atoms with Crippen LogP contribution in [0.25, 0.3) is 0 Å². The molecule has 3 rings (SSSR count). The Morgan fingerprint density at radius 2 is 2.19 bits per heavy atom. The average molecular weight is 283 g/mol. The molecule has 21 heavy (non-hydrogen) atoms. The van der Waals surface area contributed by atoms with Crippen LogP contribution in [0.2, 0.25) is 0 Å². The highest BCUT2D eigenvalue weighted by Crippen LogP contribution is 2.26. The topological polar surface area (TPSA) is 63.2 Å². The standard InChI is InChI=1S/C16H17N3O2/c1-21-16-13(7-4-9-18-16)19-15(20)14-12-6-3-2-5-11(12)8-10-17-14/h2-7,9,14,17H,8,10H2,1H3,(H,19,20). The molecular weight excluding hydrogens is 266 g/mol. The van der Waals surface area contributed by atoms with Crippen LogP contribution in [0.1, 0.15) is 17.2 Å². The molecule has 1 unspecified atom stereocenters. The quantitative estimate of drug-likeness (QED) is 0.903. The van der Waals surface area contributed by atoms with Crippen LogP contribution in [-0.2, 0) is 11.2 Å². The molecule has 1 amide bonds. The van der Waals surface area contributed by atoms with E-state index in [1.807, 2.05) is 18.2 Å². The molecule has 108 valence electrons. The molecule has 1 aliphatic rings. The average Bonchev–Trinajstić information content (AvgIpc) is 2.54. The van der Waals surface area contributed by atoms with E-state index in [2.05, 4.69) is 21.7 Å². The molecule has 5 heteroatoms. The van der Waals surface area contributed by atoms with E-state index in [-0.39, 0.29) is 11.9 Å². The van der Waals surface area contributed by atoms with E-state index in [0.29, 0.717) is 11.6 Å². The Morgan fingerprint density at radius 3 is 3.05 bits per heavy atom. The molecule has 5 nitrogen and oxygen atoms in total. The second-order valence-corrected chi connectivity index (χ2v) is 4.89. The van der Waals surface area contributed by atoms with Gasteiger partial charge in [0.25, 0.3) is 0 Å². The highest BCUT2D eigenvalue weighted by atomic mass is 16.5. The molecule has 1 atom stereocenters. The molecule has 0 aliphatic carbocycles. The molecule has 1 aromatic carbocycles. The van der Waals surface area contributed by atoms with Gasteiger partial charge in [0, 0.05) is 12.7 Å². The van der Waals surface area contributed by atoms with Crippen molar-refractivity contribution in [3.8, 4) is 5.88 Å². The number of amides is 1. The number of nitrogens with one attached hydrogen (secondary N) is 2. The number of hydrogen-bond donors (Lipinski definition) is 2. The van der Waals surface area contributed by atoms with Gasteiger partial charge >= 0.3 is 0 Å². The van der Waals surface area contributed by atoms with E-state index in [1.54, 1.807) is 18.3 Å². The van der Waals surface area contributed by atoms with Crippen molar-refractivity contribution in [2.24, 2.45) is 0 Å². The van der Waals surface area contributed by atoms with Gasteiger partial charge in [-0.05, 0) is 29.7 Å². The van der Waals surface area contributed by atoms with Gasteiger partial charge in [0.1, 0.15) is 11.7 Å². The number of rotatable bonds is 3. The number of hydrogen-bond acceptors (Lipinski definition) is 4. The summed E-state index contributed by atoms with van der Waals surface area (Å²) in [5.74, 6) is 0.309. The highest BCUT2D eigenvalue weighted by molar-refractivity contribution is 5.96. The van der Waals surface area contributed by atoms with Gasteiger partial charge in [0.2, 0.25) is 11.8 Å². The van der Waals surface area contributed by atoms with Crippen molar-refractivity contribution in [3.63, 3.8) is 0 Å². The number of benzene rings is 1. The smallest absolute Gasteiger partial charge is 0.246 e. The van der Waals surface area contributed by atoms with E-state index in [1.165, 1.54) is 12.7 Å². The Kier molecular flexibility index (Phi) is 3.83. The van der Waals surface area contributed by atoms with Crippen molar-refractivity contribution >= 4 is 11.6 Å². The van der Waals surface area contributed by atoms with Gasteiger partial charge in [-0.1, -0.05) is 24.3 Å². The van der Waals surface area contributed by atoms with E-state index in [9.17, 15) is 4.79 Å². The minimum Gasteiger partial charge on any atom is -0.480 e. The van der Waals surface area contributed by atoms with E-state index < -0.39 is 0 Å². The summed E-state index contributed by atoms with van der Waals surface area (Å²) in [6.07, 6.45) is 2.57. The Morgan fingerprint density at radius 1 is 1.33 bits per heavy atom. The number of anilines is 1. The van der Waals surface area contributed by atoms with Crippen LogP contribution in [0, 0.1) is 0 Å². The van der Waals surface area contributed by atoms with Crippen LogP contribution in [0.3, 0.4) is 0 Å². The summed E-state index contributed by atoms with van der Waals surface area (Å²) < 4.78 is 5.16. The predicted octanol–water partition coefficient (Wildman–Crippen LogP) is 1.92. The second kappa shape index (κ2) is 5.93. The third-order valence-electron chi connectivity index (χ3n) is 3.59. The van der Waals surface area contributed by atoms with Crippen LogP contribution in [-0.4, -0.2) is 24.5 Å². The van der Waals surface area contributed by atoms with E-state index in [4.69, 9.17) is 4.74 Å². The van der Waals surface area contributed by atoms with Gasteiger partial charge in [-0.3, -0.25) is 4.79 Å². The maximum atomic E-state index is 12.5. The third-order valence-corrected chi connectivity index (χ3v) is 3.59. The Bertz CT molecular complexity index is 657. The van der Waals surface area contributed by atoms with Crippen LogP contribution >= 0.6 is 0 Å². The Hall–Kier alpha value is -2.40. The van der Waals surface area contributed by atoms with E-state index in [0.717, 1.165) is 18.5 Å². The molecule has 0 radical (unpaired) electrons. The largest absolute Gasteiger partial charge is 0.480 e. The molecule has 0 fully saturated rings. The van der Waals surface area contributed by atoms with Crippen molar-refractivity contribution < 1.29 is 9.53 Å². The van der Waals surface area contributed by atoms with Crippen LogP contribution in [0.5, 0.6) is 5.88 Å². The SMILES string of the molecule is COc1ncccc1NC(=O)C1NCCc2ccccc21. The van der Waals surface area contributed by atoms with Gasteiger partial charge < -0.3 is 15.4 Å². The summed E-state index contributed by atoms with van der Waals surface area (Å²) in [6, 6.07) is 11.2. The van der Waals surface area contributed by atoms with Gasteiger partial charge in [-0.25, -0.2) is 4.98 Å². The zero-order valence-electron chi connectivity index (χ0n) is 11.8. The molecule has 0 saturated carbocycles. The zero-order valence-corrected chi connectivity index (χ0v) is 11.8. The summed E-state index contributed by atoms with van der Waals surface area (Å²) in [7, 11) is 1.53. The summed E-state index contributed by atoms with van der Waals surface area (Å²) in [6.45, 7) is 0.791. The monoisotopic (exact) mass is 283 g/mol. The van der Waals surface area contributed by atoms with Gasteiger partial charge in [-0.2, -0.15) is 0 Å². The number of carbonyl (C=O) groups excluding carboxylic acids is 1. The van der Waals surface area contributed by atoms with Gasteiger partial charge in [0.05, 0.1) is 7.11 Å². The first-order chi connectivity index (χ1) is 10.3. The van der Waals surface area contributed by atoms with Crippen molar-refractivity contribution in [3.05, 3.63) is 53.7 Å². The van der Waals surface area contributed by atoms with Crippen molar-refractivity contribution in [1.82, 2.24) is 10.3 Å². The summed E-state index contributed by atoms with van der Waals surface area (Å²) in [4.78, 5) is 16.6. The highest BCUT2D eigenvalue weighted by Gasteiger charge is 2.26. The van der Waals surface area contributed by atoms with Gasteiger partial charge in [0.15, 0.2) is 0 Å². The van der Waals surface area contributed by atoms with Crippen LogP contribution in [0.15, 0.2) is 42.6 Å². The van der Waals surface area contributed by atoms with Gasteiger partial charge in [-0.15, -0.1) is 0 Å². The first-order valence-electron chi connectivity index (χ1n) is 6.90. The second-order valence-electron chi connectivity index (χ2n) is 4.89. The first-order valence-corrected chi connectivity index (χ1v) is 6.90. The first kappa shape index (κ1) is 13.6. The van der Waals surface area contributed by atoms with Crippen LogP contribution in [0.4, 0.5) is 5.69 Å². The number of carbonyl (C=O) groups is 1. The number of pyridine rings is 1. The summed E-state index contributed by atoms with van der Waals surface area (Å²) in [5.41, 5.74) is 2.83. The molecular formula is C16H17N3O2. The lowest BCUT2D eigenvalue weighted by Gasteiger charge is -2.26. The fraction of sp³-hybridized carbons (Fsp3) is 0.250. The molecule has 1 aromatic heterocycles. The number of ether oxygens (including phenoxy) is 1. The maximum absolute atomic E-state index is 12.5. The summed E-state index contributed by atoms with van der Waals surface area (Å²) >= 11 is 0. The third kappa shape index (κ3) is 2.73. The Labute approximate surface area is 123 Å².